The van der Waals surface area contributed by atoms with Crippen molar-refractivity contribution in [3.8, 4) is 0 Å². The third-order valence-electron chi connectivity index (χ3n) is 11.7. The van der Waals surface area contributed by atoms with E-state index in [1.54, 1.807) is 11.1 Å². The van der Waals surface area contributed by atoms with E-state index in [9.17, 15) is 0 Å². The van der Waals surface area contributed by atoms with Gasteiger partial charge in [0.05, 0.1) is 0 Å². The third kappa shape index (κ3) is 11.0. The number of hydrogen-bond donors (Lipinski definition) is 0. The van der Waals surface area contributed by atoms with Gasteiger partial charge < -0.3 is 4.74 Å². The van der Waals surface area contributed by atoms with Gasteiger partial charge in [-0.1, -0.05) is 88.5 Å². The Hall–Kier alpha value is -0.560. The maximum Gasteiger partial charge on any atom is 0.0466 e. The summed E-state index contributed by atoms with van der Waals surface area (Å²) in [7, 11) is 0. The molecule has 2 atom stereocenters. The van der Waals surface area contributed by atoms with Crippen LogP contribution in [0.2, 0.25) is 0 Å². The van der Waals surface area contributed by atoms with Gasteiger partial charge in [-0.2, -0.15) is 0 Å². The maximum absolute atomic E-state index is 6.02. The molecule has 0 aromatic carbocycles. The Morgan fingerprint density at radius 2 is 0.974 bits per heavy atom. The summed E-state index contributed by atoms with van der Waals surface area (Å²) in [5.41, 5.74) is 3.52. The number of allylic oxidation sites excluding steroid dienone is 4. The van der Waals surface area contributed by atoms with Gasteiger partial charge >= 0.3 is 0 Å². The molecule has 0 bridgehead atoms. The Morgan fingerprint density at radius 1 is 0.538 bits per heavy atom. The lowest BCUT2D eigenvalue weighted by Crippen LogP contribution is -2.23. The van der Waals surface area contributed by atoms with E-state index in [4.69, 9.17) is 4.74 Å². The second kappa shape index (κ2) is 18.1. The molecule has 0 aromatic heterocycles. The van der Waals surface area contributed by atoms with Gasteiger partial charge in [-0.05, 0) is 138 Å². The van der Waals surface area contributed by atoms with E-state index in [-0.39, 0.29) is 0 Å². The van der Waals surface area contributed by atoms with Crippen LogP contribution in [-0.4, -0.2) is 13.2 Å². The van der Waals surface area contributed by atoms with Gasteiger partial charge in [0.2, 0.25) is 0 Å². The van der Waals surface area contributed by atoms with E-state index in [0.29, 0.717) is 0 Å². The van der Waals surface area contributed by atoms with Gasteiger partial charge in [0.15, 0.2) is 0 Å². The molecule has 224 valence electrons. The average molecular weight is 539 g/mol. The Bertz CT molecular complexity index is 642. The van der Waals surface area contributed by atoms with Crippen LogP contribution in [0.5, 0.6) is 0 Å². The van der Waals surface area contributed by atoms with Crippen LogP contribution in [0.15, 0.2) is 23.3 Å². The van der Waals surface area contributed by atoms with Crippen molar-refractivity contribution >= 4 is 0 Å². The van der Waals surface area contributed by atoms with Crippen LogP contribution in [0.25, 0.3) is 0 Å². The van der Waals surface area contributed by atoms with Crippen molar-refractivity contribution in [3.63, 3.8) is 0 Å². The molecule has 2 fully saturated rings. The molecular formula is C38H66O. The van der Waals surface area contributed by atoms with Crippen LogP contribution in [-0.2, 0) is 4.74 Å². The van der Waals surface area contributed by atoms with E-state index < -0.39 is 0 Å². The Kier molecular flexibility index (Phi) is 14.5. The predicted molar refractivity (Wildman–Crippen MR) is 170 cm³/mol. The Balaban J connectivity index is 0.956. The van der Waals surface area contributed by atoms with Gasteiger partial charge in [-0.3, -0.25) is 0 Å². The van der Waals surface area contributed by atoms with Crippen LogP contribution < -0.4 is 0 Å². The van der Waals surface area contributed by atoms with Gasteiger partial charge in [0.1, 0.15) is 0 Å². The highest BCUT2D eigenvalue weighted by molar-refractivity contribution is 5.08. The molecule has 0 saturated heterocycles. The van der Waals surface area contributed by atoms with Crippen LogP contribution in [0, 0.1) is 35.5 Å². The van der Waals surface area contributed by atoms with E-state index in [1.165, 1.54) is 154 Å². The molecule has 1 nitrogen and oxygen atoms in total. The molecule has 39 heavy (non-hydrogen) atoms. The summed E-state index contributed by atoms with van der Waals surface area (Å²) >= 11 is 0. The summed E-state index contributed by atoms with van der Waals surface area (Å²) in [4.78, 5) is 0. The molecule has 0 N–H and O–H groups in total. The summed E-state index contributed by atoms with van der Waals surface area (Å²) in [5.74, 6) is 6.18. The first kappa shape index (κ1) is 31.4. The lowest BCUT2D eigenvalue weighted by molar-refractivity contribution is 0.126. The van der Waals surface area contributed by atoms with Crippen molar-refractivity contribution in [2.45, 2.75) is 168 Å². The largest absolute Gasteiger partial charge is 0.381 e. The van der Waals surface area contributed by atoms with Crippen molar-refractivity contribution in [1.29, 1.82) is 0 Å². The van der Waals surface area contributed by atoms with Gasteiger partial charge in [0, 0.05) is 13.2 Å². The molecule has 0 radical (unpaired) electrons. The number of hydrogen-bond acceptors (Lipinski definition) is 1. The normalized spacial score (nSPS) is 32.1. The standard InChI is InChI=1S/C38H66O/c1-3-9-31-13-21-35(22-14-31)37-25-17-33(18-26-37)11-5-7-29-39-30-8-6-12-34-19-27-38(28-20-34)36-23-15-32(10-4-2)16-24-36/h17,19,31-32,35-38H,3-16,18,20-30H2,1-2H3. The molecule has 4 aliphatic carbocycles. The van der Waals surface area contributed by atoms with Gasteiger partial charge in [-0.25, -0.2) is 0 Å². The SMILES string of the molecule is CCCC1CCC(C2CC=C(CCCCOCCCCC3=CCC(C4CCC(CCC)CC4)CC3)CC2)CC1. The molecule has 0 spiro atoms. The molecular weight excluding hydrogens is 472 g/mol. The molecule has 2 saturated carbocycles. The van der Waals surface area contributed by atoms with Crippen LogP contribution in [0.4, 0.5) is 0 Å². The maximum atomic E-state index is 6.02. The monoisotopic (exact) mass is 539 g/mol. The number of unbranched alkanes of at least 4 members (excludes halogenated alkanes) is 2. The quantitative estimate of drug-likeness (QED) is 0.140. The average Bonchev–Trinajstić information content (AvgIpc) is 2.98. The van der Waals surface area contributed by atoms with Crippen LogP contribution >= 0.6 is 0 Å². The molecule has 0 amide bonds. The zero-order valence-electron chi connectivity index (χ0n) is 26.4. The summed E-state index contributed by atoms with van der Waals surface area (Å²) in [6.45, 7) is 6.66. The lowest BCUT2D eigenvalue weighted by Gasteiger charge is -2.35. The van der Waals surface area contributed by atoms with Crippen molar-refractivity contribution in [2.24, 2.45) is 35.5 Å². The summed E-state index contributed by atoms with van der Waals surface area (Å²) in [6, 6.07) is 0. The molecule has 4 aliphatic rings. The van der Waals surface area contributed by atoms with Crippen molar-refractivity contribution in [1.82, 2.24) is 0 Å². The fourth-order valence-corrected chi connectivity index (χ4v) is 9.06. The van der Waals surface area contributed by atoms with Crippen molar-refractivity contribution in [3.05, 3.63) is 23.3 Å². The van der Waals surface area contributed by atoms with E-state index in [1.807, 2.05) is 0 Å². The van der Waals surface area contributed by atoms with E-state index in [2.05, 4.69) is 26.0 Å². The Morgan fingerprint density at radius 3 is 1.33 bits per heavy atom. The van der Waals surface area contributed by atoms with Crippen molar-refractivity contribution < 1.29 is 4.74 Å². The number of rotatable bonds is 16. The second-order valence-corrected chi connectivity index (χ2v) is 14.5. The zero-order chi connectivity index (χ0) is 27.1. The second-order valence-electron chi connectivity index (χ2n) is 14.5. The van der Waals surface area contributed by atoms with Gasteiger partial charge in [-0.15, -0.1) is 0 Å². The molecule has 0 aliphatic heterocycles. The van der Waals surface area contributed by atoms with E-state index >= 15 is 0 Å². The summed E-state index contributed by atoms with van der Waals surface area (Å²) in [5, 5.41) is 0. The minimum atomic E-state index is 0.974. The first-order valence-corrected chi connectivity index (χ1v) is 18.2. The molecule has 4 rings (SSSR count). The predicted octanol–water partition coefficient (Wildman–Crippen LogP) is 12.0. The minimum absolute atomic E-state index is 0.974. The first-order valence-electron chi connectivity index (χ1n) is 18.2. The highest BCUT2D eigenvalue weighted by Gasteiger charge is 2.29. The first-order chi connectivity index (χ1) is 19.2. The summed E-state index contributed by atoms with van der Waals surface area (Å²) in [6.07, 6.45) is 39.5. The fourth-order valence-electron chi connectivity index (χ4n) is 9.06. The highest BCUT2D eigenvalue weighted by Crippen LogP contribution is 2.42. The Labute approximate surface area is 244 Å². The zero-order valence-corrected chi connectivity index (χ0v) is 26.4. The van der Waals surface area contributed by atoms with Crippen molar-refractivity contribution in [2.75, 3.05) is 13.2 Å². The summed E-state index contributed by atoms with van der Waals surface area (Å²) < 4.78 is 6.02. The lowest BCUT2D eigenvalue weighted by atomic mass is 9.70. The molecule has 0 aromatic rings. The highest BCUT2D eigenvalue weighted by atomic mass is 16.5. The molecule has 1 heteroatoms. The van der Waals surface area contributed by atoms with Crippen LogP contribution in [0.1, 0.15) is 168 Å². The third-order valence-corrected chi connectivity index (χ3v) is 11.7. The number of ether oxygens (including phenoxy) is 1. The topological polar surface area (TPSA) is 9.23 Å². The molecule has 0 heterocycles. The van der Waals surface area contributed by atoms with Crippen LogP contribution in [0.3, 0.4) is 0 Å². The molecule has 2 unspecified atom stereocenters. The van der Waals surface area contributed by atoms with E-state index in [0.717, 1.165) is 48.7 Å². The minimum Gasteiger partial charge on any atom is -0.381 e. The smallest absolute Gasteiger partial charge is 0.0466 e. The fraction of sp³-hybridized carbons (Fsp3) is 0.895. The van der Waals surface area contributed by atoms with Gasteiger partial charge in [0.25, 0.3) is 0 Å².